The van der Waals surface area contributed by atoms with Crippen LogP contribution in [-0.2, 0) is 11.3 Å². The summed E-state index contributed by atoms with van der Waals surface area (Å²) < 4.78 is 6.33. The van der Waals surface area contributed by atoms with Gasteiger partial charge in [-0.25, -0.2) is 4.79 Å². The van der Waals surface area contributed by atoms with Crippen molar-refractivity contribution in [2.24, 2.45) is 0 Å². The first-order valence-corrected chi connectivity index (χ1v) is 9.96. The number of carboxylic acids is 1. The van der Waals surface area contributed by atoms with E-state index in [1.54, 1.807) is 35.2 Å². The Morgan fingerprint density at radius 2 is 1.77 bits per heavy atom. The highest BCUT2D eigenvalue weighted by molar-refractivity contribution is 8.26. The molecule has 0 atom stereocenters. The van der Waals surface area contributed by atoms with Crippen LogP contribution in [0.5, 0.6) is 0 Å². The van der Waals surface area contributed by atoms with Crippen molar-refractivity contribution >= 4 is 46.3 Å². The Morgan fingerprint density at radius 1 is 1.07 bits per heavy atom. The third-order valence-electron chi connectivity index (χ3n) is 4.37. The molecule has 3 aromatic rings. The van der Waals surface area contributed by atoms with Crippen LogP contribution in [0.3, 0.4) is 0 Å². The fourth-order valence-electron chi connectivity index (χ4n) is 2.89. The Hall–Kier alpha value is -3.16. The number of thioether (sulfide) groups is 1. The lowest BCUT2D eigenvalue weighted by Crippen LogP contribution is -2.27. The summed E-state index contributed by atoms with van der Waals surface area (Å²) in [6, 6.07) is 19.7. The lowest BCUT2D eigenvalue weighted by Gasteiger charge is -2.14. The van der Waals surface area contributed by atoms with E-state index in [1.165, 1.54) is 23.9 Å². The maximum atomic E-state index is 12.8. The van der Waals surface area contributed by atoms with Gasteiger partial charge in [0.15, 0.2) is 0 Å². The number of furan rings is 1. The van der Waals surface area contributed by atoms with Gasteiger partial charge in [-0.1, -0.05) is 73.9 Å². The van der Waals surface area contributed by atoms with E-state index < -0.39 is 5.97 Å². The summed E-state index contributed by atoms with van der Waals surface area (Å²) in [7, 11) is 0. The summed E-state index contributed by atoms with van der Waals surface area (Å²) in [5.74, 6) is -0.00250. The quantitative estimate of drug-likeness (QED) is 0.409. The standard InChI is InChI=1S/C22H15NO4S2.CH4/c24-20-19(29-22(28)23(20)13-14-4-2-1-3-5-14)12-17-10-11-18(27-17)15-6-8-16(9-7-15)21(25)26;/h1-12H,13H2,(H,25,26);1H4/b19-12-;. The van der Waals surface area contributed by atoms with Crippen molar-refractivity contribution in [3.8, 4) is 11.3 Å². The molecule has 0 aliphatic carbocycles. The van der Waals surface area contributed by atoms with Crippen molar-refractivity contribution in [2.75, 3.05) is 0 Å². The SMILES string of the molecule is C.O=C(O)c1ccc(-c2ccc(/C=C3\SC(=S)N(Cc4ccccc4)C3=O)o2)cc1. The highest BCUT2D eigenvalue weighted by Crippen LogP contribution is 2.34. The predicted molar refractivity (Wildman–Crippen MR) is 123 cm³/mol. The predicted octanol–water partition coefficient (Wildman–Crippen LogP) is 5.68. The Balaban J connectivity index is 0.00000256. The summed E-state index contributed by atoms with van der Waals surface area (Å²) in [5, 5.41) is 8.99. The molecule has 1 aliphatic heterocycles. The highest BCUT2D eigenvalue weighted by atomic mass is 32.2. The molecule has 2 heterocycles. The molecule has 5 nitrogen and oxygen atoms in total. The van der Waals surface area contributed by atoms with Gasteiger partial charge in [0.2, 0.25) is 0 Å². The van der Waals surface area contributed by atoms with Crippen molar-refractivity contribution < 1.29 is 19.1 Å². The molecule has 4 rings (SSSR count). The molecule has 1 fully saturated rings. The first-order chi connectivity index (χ1) is 14.0. The van der Waals surface area contributed by atoms with Gasteiger partial charge in [0.1, 0.15) is 15.8 Å². The number of hydrogen-bond acceptors (Lipinski definition) is 5. The van der Waals surface area contributed by atoms with Crippen LogP contribution in [0.15, 0.2) is 76.1 Å². The molecule has 0 saturated carbocycles. The van der Waals surface area contributed by atoms with Crippen molar-refractivity contribution in [2.45, 2.75) is 14.0 Å². The van der Waals surface area contributed by atoms with Crippen molar-refractivity contribution in [1.82, 2.24) is 4.90 Å². The van der Waals surface area contributed by atoms with Crippen molar-refractivity contribution in [3.05, 3.63) is 88.5 Å². The van der Waals surface area contributed by atoms with Gasteiger partial charge in [-0.15, -0.1) is 0 Å². The average Bonchev–Trinajstić information content (AvgIpc) is 3.29. The van der Waals surface area contributed by atoms with Crippen LogP contribution in [0.1, 0.15) is 29.1 Å². The van der Waals surface area contributed by atoms with E-state index in [0.717, 1.165) is 11.1 Å². The second kappa shape index (κ2) is 9.11. The Morgan fingerprint density at radius 3 is 2.43 bits per heavy atom. The smallest absolute Gasteiger partial charge is 0.335 e. The van der Waals surface area contributed by atoms with Crippen LogP contribution >= 0.6 is 24.0 Å². The number of nitrogens with zero attached hydrogens (tertiary/aromatic N) is 1. The van der Waals surface area contributed by atoms with Crippen LogP contribution in [0.25, 0.3) is 17.4 Å². The molecule has 1 aromatic heterocycles. The van der Waals surface area contributed by atoms with E-state index in [-0.39, 0.29) is 18.9 Å². The Labute approximate surface area is 184 Å². The minimum absolute atomic E-state index is 0. The van der Waals surface area contributed by atoms with Gasteiger partial charge >= 0.3 is 5.97 Å². The molecule has 0 radical (unpaired) electrons. The van der Waals surface area contributed by atoms with Gasteiger partial charge in [0.05, 0.1) is 17.0 Å². The molecule has 0 bridgehead atoms. The zero-order chi connectivity index (χ0) is 20.4. The van der Waals surface area contributed by atoms with Gasteiger partial charge in [-0.2, -0.15) is 0 Å². The van der Waals surface area contributed by atoms with Gasteiger partial charge in [-0.05, 0) is 29.8 Å². The average molecular weight is 438 g/mol. The highest BCUT2D eigenvalue weighted by Gasteiger charge is 2.32. The van der Waals surface area contributed by atoms with Crippen LogP contribution in [0.2, 0.25) is 0 Å². The number of rotatable bonds is 5. The number of benzene rings is 2. The summed E-state index contributed by atoms with van der Waals surface area (Å²) in [6.07, 6.45) is 1.68. The normalized spacial score (nSPS) is 14.8. The fraction of sp³-hybridized carbons (Fsp3) is 0.0870. The lowest BCUT2D eigenvalue weighted by atomic mass is 10.1. The van der Waals surface area contributed by atoms with Crippen molar-refractivity contribution in [3.63, 3.8) is 0 Å². The molecule has 30 heavy (non-hydrogen) atoms. The summed E-state index contributed by atoms with van der Waals surface area (Å²) in [4.78, 5) is 25.8. The molecular weight excluding hydrogens is 418 g/mol. The van der Waals surface area contributed by atoms with Crippen LogP contribution in [0, 0.1) is 0 Å². The molecule has 1 saturated heterocycles. The van der Waals surface area contributed by atoms with E-state index in [9.17, 15) is 9.59 Å². The zero-order valence-corrected chi connectivity index (χ0v) is 16.7. The summed E-state index contributed by atoms with van der Waals surface area (Å²) in [5.41, 5.74) is 1.98. The number of carbonyl (C=O) groups excluding carboxylic acids is 1. The Bertz CT molecular complexity index is 1120. The molecule has 1 N–H and O–H groups in total. The molecule has 0 unspecified atom stereocenters. The molecule has 2 aromatic carbocycles. The summed E-state index contributed by atoms with van der Waals surface area (Å²) in [6.45, 7) is 0.433. The van der Waals surface area contributed by atoms with Gasteiger partial charge in [0, 0.05) is 11.6 Å². The third-order valence-corrected chi connectivity index (χ3v) is 5.75. The topological polar surface area (TPSA) is 70.8 Å². The van der Waals surface area contributed by atoms with Crippen LogP contribution < -0.4 is 0 Å². The van der Waals surface area contributed by atoms with E-state index in [1.807, 2.05) is 30.3 Å². The van der Waals surface area contributed by atoms with E-state index in [4.69, 9.17) is 21.7 Å². The van der Waals surface area contributed by atoms with Crippen LogP contribution in [-0.4, -0.2) is 26.2 Å². The molecule has 152 valence electrons. The second-order valence-electron chi connectivity index (χ2n) is 6.34. The molecule has 7 heteroatoms. The molecule has 1 aliphatic rings. The van der Waals surface area contributed by atoms with E-state index >= 15 is 0 Å². The molecular formula is C23H19NO4S2. The van der Waals surface area contributed by atoms with E-state index in [0.29, 0.717) is 27.3 Å². The number of carbonyl (C=O) groups is 2. The first-order valence-electron chi connectivity index (χ1n) is 8.74. The van der Waals surface area contributed by atoms with E-state index in [2.05, 4.69) is 0 Å². The number of hydrogen-bond donors (Lipinski definition) is 1. The maximum absolute atomic E-state index is 12.8. The largest absolute Gasteiger partial charge is 0.478 e. The maximum Gasteiger partial charge on any atom is 0.335 e. The monoisotopic (exact) mass is 437 g/mol. The second-order valence-corrected chi connectivity index (χ2v) is 8.01. The molecule has 1 amide bonds. The fourth-order valence-corrected chi connectivity index (χ4v) is 4.13. The van der Waals surface area contributed by atoms with Gasteiger partial charge in [-0.3, -0.25) is 9.69 Å². The zero-order valence-electron chi connectivity index (χ0n) is 15.1. The first kappa shape index (κ1) is 21.5. The van der Waals surface area contributed by atoms with Gasteiger partial charge in [0.25, 0.3) is 5.91 Å². The third kappa shape index (κ3) is 4.53. The number of aromatic carboxylic acids is 1. The molecule has 0 spiro atoms. The number of amides is 1. The minimum Gasteiger partial charge on any atom is -0.478 e. The summed E-state index contributed by atoms with van der Waals surface area (Å²) >= 11 is 6.62. The van der Waals surface area contributed by atoms with Crippen LogP contribution in [0.4, 0.5) is 0 Å². The van der Waals surface area contributed by atoms with Gasteiger partial charge < -0.3 is 9.52 Å². The van der Waals surface area contributed by atoms with Crippen molar-refractivity contribution in [1.29, 1.82) is 0 Å². The number of thiocarbonyl (C=S) groups is 1. The minimum atomic E-state index is -0.978. The number of carboxylic acid groups (broad SMARTS) is 1. The lowest BCUT2D eigenvalue weighted by molar-refractivity contribution is -0.122. The Kier molecular flexibility index (Phi) is 6.54.